The fourth-order valence-electron chi connectivity index (χ4n) is 4.03. The largest absolute Gasteiger partial charge is 0.370 e. The number of hydrogen-bond donors (Lipinski definition) is 1. The fraction of sp³-hybridized carbons (Fsp3) is 0.524. The Kier molecular flexibility index (Phi) is 5.99. The Morgan fingerprint density at radius 2 is 2.07 bits per heavy atom. The average Bonchev–Trinajstić information content (AvgIpc) is 3.45. The summed E-state index contributed by atoms with van der Waals surface area (Å²) >= 11 is 6.32. The van der Waals surface area contributed by atoms with Crippen molar-refractivity contribution >= 4 is 17.5 Å². The number of quaternary nitrogens is 1. The van der Waals surface area contributed by atoms with E-state index < -0.39 is 0 Å². The summed E-state index contributed by atoms with van der Waals surface area (Å²) in [6.07, 6.45) is 2.72. The van der Waals surface area contributed by atoms with Gasteiger partial charge in [-0.15, -0.1) is 0 Å². The Morgan fingerprint density at radius 1 is 1.32 bits per heavy atom. The number of nitrogens with one attached hydrogen (secondary N) is 1. The van der Waals surface area contributed by atoms with Crippen LogP contribution in [0.3, 0.4) is 0 Å². The number of benzene rings is 1. The number of rotatable bonds is 7. The number of ether oxygens (including phenoxy) is 1. The molecule has 4 rings (SSSR count). The van der Waals surface area contributed by atoms with Crippen molar-refractivity contribution in [2.75, 3.05) is 39.4 Å². The molecule has 1 saturated carbocycles. The van der Waals surface area contributed by atoms with Gasteiger partial charge in [0.1, 0.15) is 18.8 Å². The van der Waals surface area contributed by atoms with Crippen LogP contribution in [-0.2, 0) is 23.1 Å². The molecule has 150 valence electrons. The molecule has 0 bridgehead atoms. The molecule has 1 aliphatic heterocycles. The summed E-state index contributed by atoms with van der Waals surface area (Å²) in [6, 6.07) is 10.3. The molecule has 2 atom stereocenters. The minimum atomic E-state index is 0.0737. The predicted molar refractivity (Wildman–Crippen MR) is 107 cm³/mol. The second-order valence-electron chi connectivity index (χ2n) is 7.83. The highest BCUT2D eigenvalue weighted by Gasteiger charge is 2.45. The summed E-state index contributed by atoms with van der Waals surface area (Å²) < 4.78 is 7.15. The highest BCUT2D eigenvalue weighted by atomic mass is 35.5. The predicted octanol–water partition coefficient (Wildman–Crippen LogP) is 1.12. The standard InChI is InChI=1S/C21H27ClN4O2/c1-24-14-19(22)20(23-24)15-26(8-7-25-9-11-28-12-10-25)21(27)18-13-17(18)16-5-3-2-4-6-16/h2-6,14,17-18H,7-13,15H2,1H3/p+1/t17-,18-/m0/s1. The number of amides is 1. The van der Waals surface area contributed by atoms with Gasteiger partial charge < -0.3 is 14.5 Å². The molecule has 0 unspecified atom stereocenters. The molecule has 0 spiro atoms. The molecule has 1 amide bonds. The van der Waals surface area contributed by atoms with E-state index in [1.54, 1.807) is 10.9 Å². The maximum atomic E-state index is 13.3. The van der Waals surface area contributed by atoms with Gasteiger partial charge in [-0.05, 0) is 17.9 Å². The molecule has 1 N–H and O–H groups in total. The molecule has 1 aromatic carbocycles. The lowest BCUT2D eigenvalue weighted by Crippen LogP contribution is -3.14. The molecule has 2 aromatic rings. The van der Waals surface area contributed by atoms with Crippen LogP contribution in [0.25, 0.3) is 0 Å². The average molecular weight is 404 g/mol. The zero-order valence-corrected chi connectivity index (χ0v) is 17.1. The van der Waals surface area contributed by atoms with E-state index in [2.05, 4.69) is 17.2 Å². The van der Waals surface area contributed by atoms with Gasteiger partial charge in [0.2, 0.25) is 5.91 Å². The number of aryl methyl sites for hydroxylation is 1. The number of carbonyl (C=O) groups is 1. The fourth-order valence-corrected chi connectivity index (χ4v) is 4.27. The van der Waals surface area contributed by atoms with E-state index in [1.165, 1.54) is 10.5 Å². The second kappa shape index (κ2) is 8.64. The van der Waals surface area contributed by atoms with Crippen LogP contribution < -0.4 is 4.90 Å². The second-order valence-corrected chi connectivity index (χ2v) is 8.24. The summed E-state index contributed by atoms with van der Waals surface area (Å²) in [5.74, 6) is 0.638. The Labute approximate surface area is 171 Å². The van der Waals surface area contributed by atoms with Crippen LogP contribution in [-0.4, -0.2) is 60.0 Å². The zero-order valence-electron chi connectivity index (χ0n) is 16.3. The lowest BCUT2D eigenvalue weighted by molar-refractivity contribution is -0.907. The highest BCUT2D eigenvalue weighted by Crippen LogP contribution is 2.48. The molecule has 7 heteroatoms. The number of halogens is 1. The first kappa shape index (κ1) is 19.4. The van der Waals surface area contributed by atoms with Gasteiger partial charge in [-0.3, -0.25) is 9.48 Å². The number of aromatic nitrogens is 2. The number of morpholine rings is 1. The van der Waals surface area contributed by atoms with E-state index >= 15 is 0 Å². The van der Waals surface area contributed by atoms with Crippen molar-refractivity contribution in [3.63, 3.8) is 0 Å². The maximum absolute atomic E-state index is 13.3. The molecule has 0 radical (unpaired) electrons. The van der Waals surface area contributed by atoms with E-state index in [9.17, 15) is 4.79 Å². The summed E-state index contributed by atoms with van der Waals surface area (Å²) in [5, 5.41) is 5.07. The van der Waals surface area contributed by atoms with Gasteiger partial charge in [0, 0.05) is 19.2 Å². The van der Waals surface area contributed by atoms with E-state index in [-0.39, 0.29) is 11.8 Å². The van der Waals surface area contributed by atoms with E-state index in [4.69, 9.17) is 16.3 Å². The first-order chi connectivity index (χ1) is 13.6. The number of hydrogen-bond acceptors (Lipinski definition) is 3. The molecular formula is C21H28ClN4O2+. The van der Waals surface area contributed by atoms with Gasteiger partial charge >= 0.3 is 0 Å². The van der Waals surface area contributed by atoms with E-state index in [1.807, 2.05) is 30.1 Å². The molecule has 1 aliphatic carbocycles. The van der Waals surface area contributed by atoms with Crippen molar-refractivity contribution in [3.8, 4) is 0 Å². The summed E-state index contributed by atoms with van der Waals surface area (Å²) in [5.41, 5.74) is 2.03. The van der Waals surface area contributed by atoms with Gasteiger partial charge in [-0.1, -0.05) is 41.9 Å². The summed E-state index contributed by atoms with van der Waals surface area (Å²) in [6.45, 7) is 5.73. The molecule has 1 saturated heterocycles. The third-order valence-corrected chi connectivity index (χ3v) is 6.09. The topological polar surface area (TPSA) is 51.8 Å². The molecule has 2 fully saturated rings. The Morgan fingerprint density at radius 3 is 2.75 bits per heavy atom. The van der Waals surface area contributed by atoms with Crippen molar-refractivity contribution < 1.29 is 14.4 Å². The van der Waals surface area contributed by atoms with Crippen LogP contribution in [0.1, 0.15) is 23.6 Å². The third-order valence-electron chi connectivity index (χ3n) is 5.78. The first-order valence-electron chi connectivity index (χ1n) is 10.0. The molecule has 28 heavy (non-hydrogen) atoms. The van der Waals surface area contributed by atoms with E-state index in [0.29, 0.717) is 17.5 Å². The van der Waals surface area contributed by atoms with Crippen LogP contribution in [0.5, 0.6) is 0 Å². The third kappa shape index (κ3) is 4.57. The van der Waals surface area contributed by atoms with Crippen molar-refractivity contribution in [2.45, 2.75) is 18.9 Å². The van der Waals surface area contributed by atoms with Crippen LogP contribution in [0, 0.1) is 5.92 Å². The minimum Gasteiger partial charge on any atom is -0.370 e. The molecule has 2 aliphatic rings. The van der Waals surface area contributed by atoms with E-state index in [0.717, 1.165) is 51.5 Å². The SMILES string of the molecule is Cn1cc(Cl)c(CN(CC[NH+]2CCOCC2)C(=O)[C@H]2C[C@H]2c2ccccc2)n1. The smallest absolute Gasteiger partial charge is 0.226 e. The quantitative estimate of drug-likeness (QED) is 0.753. The maximum Gasteiger partial charge on any atom is 0.226 e. The summed E-state index contributed by atoms with van der Waals surface area (Å²) in [4.78, 5) is 16.8. The highest BCUT2D eigenvalue weighted by molar-refractivity contribution is 6.31. The monoisotopic (exact) mass is 403 g/mol. The van der Waals surface area contributed by atoms with Gasteiger partial charge in [-0.2, -0.15) is 5.10 Å². The number of nitrogens with zero attached hydrogens (tertiary/aromatic N) is 3. The Hall–Kier alpha value is -1.89. The van der Waals surface area contributed by atoms with Gasteiger partial charge in [-0.25, -0.2) is 0 Å². The van der Waals surface area contributed by atoms with Crippen LogP contribution >= 0.6 is 11.6 Å². The Bertz CT molecular complexity index is 804. The Balaban J connectivity index is 1.44. The number of carbonyl (C=O) groups excluding carboxylic acids is 1. The van der Waals surface area contributed by atoms with Crippen LogP contribution in [0.4, 0.5) is 0 Å². The first-order valence-corrected chi connectivity index (χ1v) is 10.4. The minimum absolute atomic E-state index is 0.0737. The molecule has 2 heterocycles. The van der Waals surface area contributed by atoms with Crippen LogP contribution in [0.2, 0.25) is 5.02 Å². The molecule has 1 aromatic heterocycles. The van der Waals surface area contributed by atoms with Gasteiger partial charge in [0.15, 0.2) is 0 Å². The zero-order chi connectivity index (χ0) is 19.5. The molecule has 6 nitrogen and oxygen atoms in total. The molecular weight excluding hydrogens is 376 g/mol. The van der Waals surface area contributed by atoms with Crippen molar-refractivity contribution in [3.05, 3.63) is 52.8 Å². The van der Waals surface area contributed by atoms with Crippen molar-refractivity contribution in [1.82, 2.24) is 14.7 Å². The van der Waals surface area contributed by atoms with Crippen molar-refractivity contribution in [1.29, 1.82) is 0 Å². The van der Waals surface area contributed by atoms with Crippen molar-refractivity contribution in [2.24, 2.45) is 13.0 Å². The normalized spacial score (nSPS) is 22.2. The van der Waals surface area contributed by atoms with Gasteiger partial charge in [0.25, 0.3) is 0 Å². The lowest BCUT2D eigenvalue weighted by atomic mass is 10.1. The van der Waals surface area contributed by atoms with Gasteiger partial charge in [0.05, 0.1) is 37.9 Å². The summed E-state index contributed by atoms with van der Waals surface area (Å²) in [7, 11) is 1.85. The van der Waals surface area contributed by atoms with Crippen LogP contribution in [0.15, 0.2) is 36.5 Å². The lowest BCUT2D eigenvalue weighted by Gasteiger charge is -2.28.